The summed E-state index contributed by atoms with van der Waals surface area (Å²) in [6, 6.07) is 4.03. The molecule has 0 unspecified atom stereocenters. The van der Waals surface area contributed by atoms with Crippen LogP contribution in [0.2, 0.25) is 0 Å². The van der Waals surface area contributed by atoms with Gasteiger partial charge in [-0.05, 0) is 43.0 Å². The zero-order chi connectivity index (χ0) is 15.4. The molecule has 0 amide bonds. The van der Waals surface area contributed by atoms with Gasteiger partial charge in [0.25, 0.3) is 0 Å². The first kappa shape index (κ1) is 15.7. The molecule has 0 saturated heterocycles. The second-order valence-corrected chi connectivity index (χ2v) is 6.44. The van der Waals surface area contributed by atoms with Crippen molar-refractivity contribution in [2.75, 3.05) is 14.1 Å². The van der Waals surface area contributed by atoms with Gasteiger partial charge in [0.15, 0.2) is 5.78 Å². The van der Waals surface area contributed by atoms with Gasteiger partial charge in [0.1, 0.15) is 0 Å². The second-order valence-electron chi connectivity index (χ2n) is 6.44. The van der Waals surface area contributed by atoms with Crippen LogP contribution in [-0.4, -0.2) is 31.1 Å². The lowest BCUT2D eigenvalue weighted by Gasteiger charge is -2.12. The third kappa shape index (κ3) is 4.16. The largest absolute Gasteiger partial charge is 0.369 e. The van der Waals surface area contributed by atoms with Crippen molar-refractivity contribution in [3.05, 3.63) is 28.8 Å². The SMILES string of the molecule is Cc1cc(C(=O)CC2CCCC2)c(C)cc1N=CN(C)C. The molecule has 1 aromatic carbocycles. The zero-order valence-electron chi connectivity index (χ0n) is 13.6. The summed E-state index contributed by atoms with van der Waals surface area (Å²) in [6.45, 7) is 4.03. The first-order chi connectivity index (χ1) is 9.97. The van der Waals surface area contributed by atoms with Crippen molar-refractivity contribution >= 4 is 17.8 Å². The fourth-order valence-corrected chi connectivity index (χ4v) is 3.00. The molecular weight excluding hydrogens is 260 g/mol. The predicted molar refractivity (Wildman–Crippen MR) is 88.7 cm³/mol. The van der Waals surface area contributed by atoms with Crippen molar-refractivity contribution in [2.45, 2.75) is 46.0 Å². The quantitative estimate of drug-likeness (QED) is 0.459. The Balaban J connectivity index is 2.16. The molecule has 2 rings (SSSR count). The fraction of sp³-hybridized carbons (Fsp3) is 0.556. The zero-order valence-corrected chi connectivity index (χ0v) is 13.6. The van der Waals surface area contributed by atoms with Gasteiger partial charge in [-0.15, -0.1) is 0 Å². The fourth-order valence-electron chi connectivity index (χ4n) is 3.00. The Bertz CT molecular complexity index is 540. The second kappa shape index (κ2) is 6.88. The summed E-state index contributed by atoms with van der Waals surface area (Å²) >= 11 is 0. The molecular formula is C18H26N2O. The number of carbonyl (C=O) groups is 1. The van der Waals surface area contributed by atoms with Crippen molar-refractivity contribution in [1.82, 2.24) is 4.90 Å². The molecule has 1 saturated carbocycles. The number of aliphatic imine (C=N–C) groups is 1. The predicted octanol–water partition coefficient (Wildman–Crippen LogP) is 4.29. The molecule has 3 heteroatoms. The Morgan fingerprint density at radius 3 is 2.52 bits per heavy atom. The molecule has 0 N–H and O–H groups in total. The molecule has 0 aliphatic heterocycles. The van der Waals surface area contributed by atoms with Crippen molar-refractivity contribution in [2.24, 2.45) is 10.9 Å². The summed E-state index contributed by atoms with van der Waals surface area (Å²) in [7, 11) is 3.90. The highest BCUT2D eigenvalue weighted by Crippen LogP contribution is 2.30. The van der Waals surface area contributed by atoms with Crippen molar-refractivity contribution < 1.29 is 4.79 Å². The van der Waals surface area contributed by atoms with Crippen LogP contribution in [0.1, 0.15) is 53.6 Å². The van der Waals surface area contributed by atoms with Crippen LogP contribution in [0.25, 0.3) is 0 Å². The molecule has 0 heterocycles. The van der Waals surface area contributed by atoms with E-state index in [-0.39, 0.29) is 0 Å². The highest BCUT2D eigenvalue weighted by atomic mass is 16.1. The maximum atomic E-state index is 12.5. The Kier molecular flexibility index (Phi) is 5.16. The van der Waals surface area contributed by atoms with E-state index in [4.69, 9.17) is 0 Å². The summed E-state index contributed by atoms with van der Waals surface area (Å²) in [6.07, 6.45) is 7.51. The maximum absolute atomic E-state index is 12.5. The average Bonchev–Trinajstić information content (AvgIpc) is 2.91. The smallest absolute Gasteiger partial charge is 0.163 e. The monoisotopic (exact) mass is 286 g/mol. The van der Waals surface area contributed by atoms with Gasteiger partial charge in [-0.3, -0.25) is 4.79 Å². The summed E-state index contributed by atoms with van der Waals surface area (Å²) in [5, 5.41) is 0. The van der Waals surface area contributed by atoms with Crippen LogP contribution in [-0.2, 0) is 0 Å². The molecule has 0 radical (unpaired) electrons. The lowest BCUT2D eigenvalue weighted by Crippen LogP contribution is -2.09. The number of hydrogen-bond acceptors (Lipinski definition) is 2. The van der Waals surface area contributed by atoms with E-state index in [0.717, 1.165) is 22.4 Å². The average molecular weight is 286 g/mol. The number of Topliss-reactive ketones (excluding diaryl/α,β-unsaturated/α-hetero) is 1. The highest BCUT2D eigenvalue weighted by molar-refractivity contribution is 5.98. The molecule has 21 heavy (non-hydrogen) atoms. The van der Waals surface area contributed by atoms with E-state index in [9.17, 15) is 4.79 Å². The van der Waals surface area contributed by atoms with Gasteiger partial charge in [0, 0.05) is 26.1 Å². The van der Waals surface area contributed by atoms with E-state index in [1.807, 2.05) is 45.0 Å². The Morgan fingerprint density at radius 1 is 1.24 bits per heavy atom. The summed E-state index contributed by atoms with van der Waals surface area (Å²) in [4.78, 5) is 18.9. The Morgan fingerprint density at radius 2 is 1.90 bits per heavy atom. The van der Waals surface area contributed by atoms with E-state index in [0.29, 0.717) is 18.1 Å². The molecule has 0 spiro atoms. The van der Waals surface area contributed by atoms with E-state index in [1.54, 1.807) is 6.34 Å². The molecule has 1 aliphatic rings. The Hall–Kier alpha value is -1.64. The van der Waals surface area contributed by atoms with Gasteiger partial charge < -0.3 is 4.90 Å². The minimum atomic E-state index is 0.297. The van der Waals surface area contributed by atoms with Crippen molar-refractivity contribution in [3.63, 3.8) is 0 Å². The van der Waals surface area contributed by atoms with Crippen LogP contribution in [0.15, 0.2) is 17.1 Å². The summed E-state index contributed by atoms with van der Waals surface area (Å²) in [5.74, 6) is 0.897. The molecule has 0 aromatic heterocycles. The van der Waals surface area contributed by atoms with Gasteiger partial charge >= 0.3 is 0 Å². The van der Waals surface area contributed by atoms with E-state index < -0.39 is 0 Å². The van der Waals surface area contributed by atoms with Gasteiger partial charge in [-0.25, -0.2) is 4.99 Å². The molecule has 1 fully saturated rings. The molecule has 0 atom stereocenters. The van der Waals surface area contributed by atoms with Crippen LogP contribution >= 0.6 is 0 Å². The molecule has 3 nitrogen and oxygen atoms in total. The number of aryl methyl sites for hydroxylation is 2. The molecule has 1 aliphatic carbocycles. The van der Waals surface area contributed by atoms with Crippen LogP contribution in [0, 0.1) is 19.8 Å². The highest BCUT2D eigenvalue weighted by Gasteiger charge is 2.20. The standard InChI is InChI=1S/C18H26N2O/c1-13-10-17(19-12-20(3)4)14(2)9-16(13)18(21)11-15-7-5-6-8-15/h9-10,12,15H,5-8,11H2,1-4H3. The van der Waals surface area contributed by atoms with Crippen molar-refractivity contribution in [3.8, 4) is 0 Å². The summed E-state index contributed by atoms with van der Waals surface area (Å²) < 4.78 is 0. The number of hydrogen-bond donors (Lipinski definition) is 0. The number of carbonyl (C=O) groups excluding carboxylic acids is 1. The topological polar surface area (TPSA) is 32.7 Å². The number of benzene rings is 1. The number of nitrogens with zero attached hydrogens (tertiary/aromatic N) is 2. The summed E-state index contributed by atoms with van der Waals surface area (Å²) in [5.41, 5.74) is 3.92. The number of rotatable bonds is 5. The minimum absolute atomic E-state index is 0.297. The van der Waals surface area contributed by atoms with Gasteiger partial charge in [-0.1, -0.05) is 25.7 Å². The van der Waals surface area contributed by atoms with E-state index >= 15 is 0 Å². The minimum Gasteiger partial charge on any atom is -0.369 e. The molecule has 1 aromatic rings. The third-order valence-corrected chi connectivity index (χ3v) is 4.22. The van der Waals surface area contributed by atoms with Crippen molar-refractivity contribution in [1.29, 1.82) is 0 Å². The van der Waals surface area contributed by atoms with Crippen LogP contribution in [0.5, 0.6) is 0 Å². The first-order valence-electron chi connectivity index (χ1n) is 7.82. The maximum Gasteiger partial charge on any atom is 0.163 e. The Labute approximate surface area is 128 Å². The van der Waals surface area contributed by atoms with Crippen LogP contribution in [0.4, 0.5) is 5.69 Å². The lowest BCUT2D eigenvalue weighted by atomic mass is 9.93. The van der Waals surface area contributed by atoms with E-state index in [1.165, 1.54) is 25.7 Å². The third-order valence-electron chi connectivity index (χ3n) is 4.22. The van der Waals surface area contributed by atoms with E-state index in [2.05, 4.69) is 4.99 Å². The van der Waals surface area contributed by atoms with Gasteiger partial charge in [-0.2, -0.15) is 0 Å². The normalized spacial score (nSPS) is 15.8. The molecule has 0 bridgehead atoms. The number of ketones is 1. The first-order valence-corrected chi connectivity index (χ1v) is 7.82. The van der Waals surface area contributed by atoms with Gasteiger partial charge in [0.2, 0.25) is 0 Å². The van der Waals surface area contributed by atoms with Crippen LogP contribution in [0.3, 0.4) is 0 Å². The molecule has 114 valence electrons. The van der Waals surface area contributed by atoms with Gasteiger partial charge in [0.05, 0.1) is 12.0 Å². The lowest BCUT2D eigenvalue weighted by molar-refractivity contribution is 0.0961. The van der Waals surface area contributed by atoms with Crippen LogP contribution < -0.4 is 0 Å².